The number of nitrogens with one attached hydrogen (secondary N) is 1. The highest BCUT2D eigenvalue weighted by Gasteiger charge is 2.26. The van der Waals surface area contributed by atoms with Gasteiger partial charge in [0.2, 0.25) is 10.0 Å². The van der Waals surface area contributed by atoms with Crippen molar-refractivity contribution in [1.29, 1.82) is 0 Å². The number of sulfonamides is 1. The van der Waals surface area contributed by atoms with E-state index in [2.05, 4.69) is 4.72 Å². The summed E-state index contributed by atoms with van der Waals surface area (Å²) in [6.45, 7) is 0. The molecular formula is C13H18Cl2N2O2S. The zero-order chi connectivity index (χ0) is 14.8. The average molecular weight is 337 g/mol. The second-order valence-corrected chi connectivity index (χ2v) is 7.63. The Morgan fingerprint density at radius 2 is 1.80 bits per heavy atom. The first-order chi connectivity index (χ1) is 9.40. The van der Waals surface area contributed by atoms with Crippen LogP contribution in [0.25, 0.3) is 0 Å². The number of benzene rings is 1. The van der Waals surface area contributed by atoms with E-state index in [0.717, 1.165) is 32.1 Å². The summed E-state index contributed by atoms with van der Waals surface area (Å²) in [7, 11) is -3.62. The van der Waals surface area contributed by atoms with Gasteiger partial charge in [-0.25, -0.2) is 13.1 Å². The van der Waals surface area contributed by atoms with Crippen LogP contribution in [0.15, 0.2) is 23.1 Å². The van der Waals surface area contributed by atoms with Gasteiger partial charge in [-0.15, -0.1) is 0 Å². The first kappa shape index (κ1) is 16.0. The van der Waals surface area contributed by atoms with Crippen LogP contribution in [0.1, 0.15) is 32.1 Å². The maximum absolute atomic E-state index is 12.4. The second kappa shape index (κ2) is 6.62. The highest BCUT2D eigenvalue weighted by molar-refractivity contribution is 7.89. The predicted octanol–water partition coefficient (Wildman–Crippen LogP) is 2.93. The van der Waals surface area contributed by atoms with Crippen molar-refractivity contribution in [2.24, 2.45) is 5.73 Å². The smallest absolute Gasteiger partial charge is 0.240 e. The summed E-state index contributed by atoms with van der Waals surface area (Å²) in [6, 6.07) is 3.91. The summed E-state index contributed by atoms with van der Waals surface area (Å²) in [5.41, 5.74) is 6.04. The number of rotatable bonds is 3. The van der Waals surface area contributed by atoms with Gasteiger partial charge >= 0.3 is 0 Å². The first-order valence-corrected chi connectivity index (χ1v) is 8.87. The summed E-state index contributed by atoms with van der Waals surface area (Å²) in [5.74, 6) is 0. The van der Waals surface area contributed by atoms with Crippen LogP contribution in [0.2, 0.25) is 10.0 Å². The van der Waals surface area contributed by atoms with Gasteiger partial charge in [-0.1, -0.05) is 42.5 Å². The molecule has 0 saturated heterocycles. The fourth-order valence-electron chi connectivity index (χ4n) is 2.39. The van der Waals surface area contributed by atoms with E-state index in [1.54, 1.807) is 0 Å². The number of nitrogens with two attached hydrogens (primary N) is 1. The summed E-state index contributed by atoms with van der Waals surface area (Å²) >= 11 is 11.7. The SMILES string of the molecule is NC1CCCCCC1NS(=O)(=O)c1ccc(Cl)c(Cl)c1. The van der Waals surface area contributed by atoms with E-state index in [1.165, 1.54) is 18.2 Å². The highest BCUT2D eigenvalue weighted by atomic mass is 35.5. The molecule has 2 rings (SSSR count). The standard InChI is InChI=1S/C13H18Cl2N2O2S/c14-10-7-6-9(8-11(10)15)20(18,19)17-13-5-3-1-2-4-12(13)16/h6-8,12-13,17H,1-5,16H2. The second-order valence-electron chi connectivity index (χ2n) is 5.11. The lowest BCUT2D eigenvalue weighted by molar-refractivity contribution is 0.456. The van der Waals surface area contributed by atoms with Gasteiger partial charge in [0.1, 0.15) is 0 Å². The Morgan fingerprint density at radius 1 is 1.10 bits per heavy atom. The lowest BCUT2D eigenvalue weighted by Crippen LogP contribution is -2.46. The largest absolute Gasteiger partial charge is 0.326 e. The fraction of sp³-hybridized carbons (Fsp3) is 0.538. The summed E-state index contributed by atoms with van der Waals surface area (Å²) in [6.07, 6.45) is 4.74. The van der Waals surface area contributed by atoms with Crippen LogP contribution in [0.4, 0.5) is 0 Å². The molecule has 1 saturated carbocycles. The molecule has 112 valence electrons. The zero-order valence-electron chi connectivity index (χ0n) is 11.0. The zero-order valence-corrected chi connectivity index (χ0v) is 13.3. The summed E-state index contributed by atoms with van der Waals surface area (Å²) in [5, 5.41) is 0.552. The first-order valence-electron chi connectivity index (χ1n) is 6.63. The van der Waals surface area contributed by atoms with E-state index < -0.39 is 10.0 Å². The van der Waals surface area contributed by atoms with Gasteiger partial charge in [0.15, 0.2) is 0 Å². The maximum atomic E-state index is 12.4. The van der Waals surface area contributed by atoms with Gasteiger partial charge in [0.05, 0.1) is 14.9 Å². The quantitative estimate of drug-likeness (QED) is 0.833. The van der Waals surface area contributed by atoms with E-state index in [0.29, 0.717) is 5.02 Å². The van der Waals surface area contributed by atoms with Crippen LogP contribution in [0.5, 0.6) is 0 Å². The van der Waals surface area contributed by atoms with Crippen LogP contribution in [0.3, 0.4) is 0 Å². The maximum Gasteiger partial charge on any atom is 0.240 e. The van der Waals surface area contributed by atoms with Crippen molar-refractivity contribution in [3.8, 4) is 0 Å². The van der Waals surface area contributed by atoms with E-state index >= 15 is 0 Å². The summed E-state index contributed by atoms with van der Waals surface area (Å²) < 4.78 is 27.4. The Morgan fingerprint density at radius 3 is 2.50 bits per heavy atom. The molecular weight excluding hydrogens is 319 g/mol. The Hall–Kier alpha value is -0.330. The van der Waals surface area contributed by atoms with Gasteiger partial charge in [0, 0.05) is 12.1 Å². The summed E-state index contributed by atoms with van der Waals surface area (Å²) in [4.78, 5) is 0.114. The van der Waals surface area contributed by atoms with E-state index in [-0.39, 0.29) is 22.0 Å². The molecule has 0 amide bonds. The topological polar surface area (TPSA) is 72.2 Å². The van der Waals surface area contributed by atoms with Crippen molar-refractivity contribution in [3.63, 3.8) is 0 Å². The molecule has 1 aromatic rings. The van der Waals surface area contributed by atoms with Crippen LogP contribution in [-0.2, 0) is 10.0 Å². The number of hydrogen-bond acceptors (Lipinski definition) is 3. The Balaban J connectivity index is 2.19. The normalized spacial score (nSPS) is 24.4. The van der Waals surface area contributed by atoms with Crippen LogP contribution in [0, 0.1) is 0 Å². The van der Waals surface area contributed by atoms with Crippen molar-refractivity contribution < 1.29 is 8.42 Å². The molecule has 0 aliphatic heterocycles. The molecule has 0 spiro atoms. The molecule has 0 aromatic heterocycles. The predicted molar refractivity (Wildman–Crippen MR) is 81.6 cm³/mol. The van der Waals surface area contributed by atoms with E-state index in [4.69, 9.17) is 28.9 Å². The molecule has 0 bridgehead atoms. The molecule has 1 aromatic carbocycles. The third-order valence-electron chi connectivity index (χ3n) is 3.58. The Labute approximate surface area is 129 Å². The third-order valence-corrected chi connectivity index (χ3v) is 5.80. The van der Waals surface area contributed by atoms with Gasteiger partial charge in [-0.05, 0) is 31.0 Å². The minimum absolute atomic E-state index is 0.114. The van der Waals surface area contributed by atoms with Crippen molar-refractivity contribution in [2.45, 2.75) is 49.1 Å². The fourth-order valence-corrected chi connectivity index (χ4v) is 4.10. The molecule has 20 heavy (non-hydrogen) atoms. The molecule has 2 unspecified atom stereocenters. The van der Waals surface area contributed by atoms with Crippen LogP contribution < -0.4 is 10.5 Å². The van der Waals surface area contributed by atoms with Gasteiger partial charge in [-0.3, -0.25) is 0 Å². The Kier molecular flexibility index (Phi) is 5.31. The van der Waals surface area contributed by atoms with Crippen molar-refractivity contribution in [1.82, 2.24) is 4.72 Å². The third kappa shape index (κ3) is 3.86. The van der Waals surface area contributed by atoms with Crippen molar-refractivity contribution >= 4 is 33.2 Å². The molecule has 4 nitrogen and oxygen atoms in total. The Bertz CT molecular complexity index is 578. The van der Waals surface area contributed by atoms with Gasteiger partial charge < -0.3 is 5.73 Å². The van der Waals surface area contributed by atoms with Crippen molar-refractivity contribution in [3.05, 3.63) is 28.2 Å². The van der Waals surface area contributed by atoms with Crippen LogP contribution >= 0.6 is 23.2 Å². The molecule has 0 heterocycles. The molecule has 1 aliphatic rings. The molecule has 1 aliphatic carbocycles. The minimum atomic E-state index is -3.62. The molecule has 3 N–H and O–H groups in total. The lowest BCUT2D eigenvalue weighted by atomic mass is 10.1. The molecule has 7 heteroatoms. The molecule has 0 radical (unpaired) electrons. The highest BCUT2D eigenvalue weighted by Crippen LogP contribution is 2.25. The lowest BCUT2D eigenvalue weighted by Gasteiger charge is -2.22. The monoisotopic (exact) mass is 336 g/mol. The number of halogens is 2. The van der Waals surface area contributed by atoms with Crippen molar-refractivity contribution in [2.75, 3.05) is 0 Å². The van der Waals surface area contributed by atoms with E-state index in [1.807, 2.05) is 0 Å². The van der Waals surface area contributed by atoms with Gasteiger partial charge in [-0.2, -0.15) is 0 Å². The van der Waals surface area contributed by atoms with Gasteiger partial charge in [0.25, 0.3) is 0 Å². The molecule has 1 fully saturated rings. The van der Waals surface area contributed by atoms with E-state index in [9.17, 15) is 8.42 Å². The van der Waals surface area contributed by atoms with Crippen LogP contribution in [-0.4, -0.2) is 20.5 Å². The average Bonchev–Trinajstić information content (AvgIpc) is 2.58. The number of hydrogen-bond donors (Lipinski definition) is 2. The molecule has 2 atom stereocenters. The minimum Gasteiger partial charge on any atom is -0.326 e.